The first-order valence-corrected chi connectivity index (χ1v) is 10.7. The van der Waals surface area contributed by atoms with E-state index < -0.39 is 0 Å². The van der Waals surface area contributed by atoms with Gasteiger partial charge in [0.15, 0.2) is 0 Å². The molecule has 0 aliphatic heterocycles. The second-order valence-corrected chi connectivity index (χ2v) is 7.82. The van der Waals surface area contributed by atoms with E-state index in [1.807, 2.05) is 92.7 Å². The summed E-state index contributed by atoms with van der Waals surface area (Å²) >= 11 is 0. The molecule has 0 atom stereocenters. The lowest BCUT2D eigenvalue weighted by Crippen LogP contribution is -2.24. The Kier molecular flexibility index (Phi) is 6.78. The van der Waals surface area contributed by atoms with Crippen LogP contribution in [0.15, 0.2) is 85.1 Å². The van der Waals surface area contributed by atoms with Crippen molar-refractivity contribution in [2.75, 3.05) is 0 Å². The van der Waals surface area contributed by atoms with Crippen molar-refractivity contribution in [3.05, 3.63) is 119 Å². The highest BCUT2D eigenvalue weighted by atomic mass is 16.5. The van der Waals surface area contributed by atoms with E-state index in [1.54, 1.807) is 10.9 Å². The predicted molar refractivity (Wildman–Crippen MR) is 126 cm³/mol. The SMILES string of the molecule is Cc1cccc(-n2ncc(C(=O)NCc3ccccc3COCc3ccccc3)c2C)c1. The van der Waals surface area contributed by atoms with Gasteiger partial charge >= 0.3 is 0 Å². The Hall–Kier alpha value is -3.70. The smallest absolute Gasteiger partial charge is 0.255 e. The van der Waals surface area contributed by atoms with Crippen molar-refractivity contribution >= 4 is 5.91 Å². The number of ether oxygens (including phenoxy) is 1. The van der Waals surface area contributed by atoms with Crippen molar-refractivity contribution in [1.82, 2.24) is 15.1 Å². The third-order valence-corrected chi connectivity index (χ3v) is 5.43. The third kappa shape index (κ3) is 5.13. The first kappa shape index (κ1) is 21.5. The monoisotopic (exact) mass is 425 g/mol. The summed E-state index contributed by atoms with van der Waals surface area (Å²) in [4.78, 5) is 12.9. The summed E-state index contributed by atoms with van der Waals surface area (Å²) in [7, 11) is 0. The van der Waals surface area contributed by atoms with E-state index in [1.165, 1.54) is 0 Å². The maximum atomic E-state index is 12.9. The van der Waals surface area contributed by atoms with Gasteiger partial charge in [-0.05, 0) is 48.2 Å². The van der Waals surface area contributed by atoms with E-state index in [2.05, 4.69) is 10.4 Å². The molecule has 0 spiro atoms. The van der Waals surface area contributed by atoms with Crippen LogP contribution in [0, 0.1) is 13.8 Å². The van der Waals surface area contributed by atoms with Crippen molar-refractivity contribution in [3.63, 3.8) is 0 Å². The molecule has 5 nitrogen and oxygen atoms in total. The number of carbonyl (C=O) groups is 1. The van der Waals surface area contributed by atoms with Crippen LogP contribution in [0.25, 0.3) is 5.69 Å². The summed E-state index contributed by atoms with van der Waals surface area (Å²) in [6.07, 6.45) is 1.63. The fourth-order valence-corrected chi connectivity index (χ4v) is 3.65. The van der Waals surface area contributed by atoms with Crippen LogP contribution in [-0.4, -0.2) is 15.7 Å². The summed E-state index contributed by atoms with van der Waals surface area (Å²) in [5.41, 5.74) is 6.72. The quantitative estimate of drug-likeness (QED) is 0.425. The van der Waals surface area contributed by atoms with Crippen LogP contribution in [0.4, 0.5) is 0 Å². The van der Waals surface area contributed by atoms with Crippen molar-refractivity contribution < 1.29 is 9.53 Å². The lowest BCUT2D eigenvalue weighted by Gasteiger charge is -2.12. The van der Waals surface area contributed by atoms with E-state index in [4.69, 9.17) is 4.74 Å². The Labute approximate surface area is 188 Å². The van der Waals surface area contributed by atoms with Crippen LogP contribution >= 0.6 is 0 Å². The normalized spacial score (nSPS) is 10.8. The van der Waals surface area contributed by atoms with Gasteiger partial charge in [-0.1, -0.05) is 66.7 Å². The Morgan fingerprint density at radius 3 is 2.44 bits per heavy atom. The highest BCUT2D eigenvalue weighted by molar-refractivity contribution is 5.95. The number of hydrogen-bond donors (Lipinski definition) is 1. The maximum absolute atomic E-state index is 12.9. The van der Waals surface area contributed by atoms with Crippen molar-refractivity contribution in [1.29, 1.82) is 0 Å². The van der Waals surface area contributed by atoms with Gasteiger partial charge in [0.2, 0.25) is 0 Å². The maximum Gasteiger partial charge on any atom is 0.255 e. The largest absolute Gasteiger partial charge is 0.372 e. The molecule has 5 heteroatoms. The Bertz CT molecular complexity index is 1200. The number of aromatic nitrogens is 2. The van der Waals surface area contributed by atoms with Crippen LogP contribution in [0.5, 0.6) is 0 Å². The number of hydrogen-bond acceptors (Lipinski definition) is 3. The summed E-state index contributed by atoms with van der Waals surface area (Å²) in [6.45, 7) is 5.43. The molecule has 162 valence electrons. The molecule has 32 heavy (non-hydrogen) atoms. The van der Waals surface area contributed by atoms with E-state index in [9.17, 15) is 4.79 Å². The second-order valence-electron chi connectivity index (χ2n) is 7.82. The summed E-state index contributed by atoms with van der Waals surface area (Å²) in [6, 6.07) is 26.2. The molecule has 0 aliphatic carbocycles. The van der Waals surface area contributed by atoms with E-state index in [0.717, 1.165) is 33.6 Å². The first-order chi connectivity index (χ1) is 15.6. The molecular formula is C27H27N3O2. The molecule has 3 aromatic carbocycles. The van der Waals surface area contributed by atoms with Crippen molar-refractivity contribution in [3.8, 4) is 5.69 Å². The standard InChI is InChI=1S/C27H27N3O2/c1-20-9-8-14-25(15-20)30-21(2)26(17-29-30)27(31)28-16-23-12-6-7-13-24(23)19-32-18-22-10-4-3-5-11-22/h3-15,17H,16,18-19H2,1-2H3,(H,28,31). The zero-order valence-corrected chi connectivity index (χ0v) is 18.4. The van der Waals surface area contributed by atoms with Crippen LogP contribution in [0.1, 0.15) is 38.3 Å². The van der Waals surface area contributed by atoms with Gasteiger partial charge in [-0.15, -0.1) is 0 Å². The average molecular weight is 426 g/mol. The molecule has 0 aliphatic rings. The van der Waals surface area contributed by atoms with Gasteiger partial charge in [-0.3, -0.25) is 4.79 Å². The molecule has 0 saturated carbocycles. The van der Waals surface area contributed by atoms with Crippen LogP contribution in [-0.2, 0) is 24.5 Å². The summed E-state index contributed by atoms with van der Waals surface area (Å²) in [5.74, 6) is -0.138. The zero-order valence-electron chi connectivity index (χ0n) is 18.4. The van der Waals surface area contributed by atoms with Crippen LogP contribution in [0.2, 0.25) is 0 Å². The zero-order chi connectivity index (χ0) is 22.3. The van der Waals surface area contributed by atoms with Gasteiger partial charge in [-0.25, -0.2) is 4.68 Å². The van der Waals surface area contributed by atoms with Gasteiger partial charge in [0.25, 0.3) is 5.91 Å². The number of nitrogens with zero attached hydrogens (tertiary/aromatic N) is 2. The molecule has 1 amide bonds. The van der Waals surface area contributed by atoms with Crippen molar-refractivity contribution in [2.24, 2.45) is 0 Å². The van der Waals surface area contributed by atoms with Gasteiger partial charge in [0, 0.05) is 6.54 Å². The van der Waals surface area contributed by atoms with Gasteiger partial charge in [0.1, 0.15) is 0 Å². The van der Waals surface area contributed by atoms with Crippen LogP contribution < -0.4 is 5.32 Å². The van der Waals surface area contributed by atoms with E-state index >= 15 is 0 Å². The number of benzene rings is 3. The first-order valence-electron chi connectivity index (χ1n) is 10.7. The lowest BCUT2D eigenvalue weighted by molar-refractivity contribution is 0.0947. The highest BCUT2D eigenvalue weighted by Crippen LogP contribution is 2.16. The molecule has 0 saturated heterocycles. The minimum Gasteiger partial charge on any atom is -0.372 e. The van der Waals surface area contributed by atoms with Gasteiger partial charge in [-0.2, -0.15) is 5.10 Å². The molecule has 0 fully saturated rings. The number of carbonyl (C=O) groups excluding carboxylic acids is 1. The summed E-state index contributed by atoms with van der Waals surface area (Å²) < 4.78 is 7.69. The Morgan fingerprint density at radius 2 is 1.66 bits per heavy atom. The molecule has 0 bridgehead atoms. The summed E-state index contributed by atoms with van der Waals surface area (Å²) in [5, 5.41) is 7.46. The molecule has 1 aromatic heterocycles. The molecule has 0 unspecified atom stereocenters. The van der Waals surface area contributed by atoms with Crippen LogP contribution in [0.3, 0.4) is 0 Å². The molecule has 4 rings (SSSR count). The fraction of sp³-hybridized carbons (Fsp3) is 0.185. The fourth-order valence-electron chi connectivity index (χ4n) is 3.65. The Balaban J connectivity index is 1.39. The molecule has 4 aromatic rings. The number of aryl methyl sites for hydroxylation is 1. The Morgan fingerprint density at radius 1 is 0.906 bits per heavy atom. The number of rotatable bonds is 8. The molecule has 1 heterocycles. The second kappa shape index (κ2) is 10.1. The van der Waals surface area contributed by atoms with Gasteiger partial charge in [0.05, 0.1) is 36.4 Å². The number of nitrogens with one attached hydrogen (secondary N) is 1. The molecular weight excluding hydrogens is 398 g/mol. The lowest BCUT2D eigenvalue weighted by atomic mass is 10.1. The third-order valence-electron chi connectivity index (χ3n) is 5.43. The van der Waals surface area contributed by atoms with E-state index in [0.29, 0.717) is 25.3 Å². The van der Waals surface area contributed by atoms with E-state index in [-0.39, 0.29) is 5.91 Å². The molecule has 0 radical (unpaired) electrons. The topological polar surface area (TPSA) is 56.2 Å². The predicted octanol–water partition coefficient (Wildman–Crippen LogP) is 5.14. The minimum atomic E-state index is -0.138. The molecule has 1 N–H and O–H groups in total. The average Bonchev–Trinajstić information content (AvgIpc) is 3.20. The van der Waals surface area contributed by atoms with Gasteiger partial charge < -0.3 is 10.1 Å². The highest BCUT2D eigenvalue weighted by Gasteiger charge is 2.15. The minimum absolute atomic E-state index is 0.138. The van der Waals surface area contributed by atoms with Crippen molar-refractivity contribution in [2.45, 2.75) is 33.6 Å². The number of amides is 1.